The van der Waals surface area contributed by atoms with Crippen LogP contribution in [0.2, 0.25) is 0 Å². The number of hydrogen-bond donors (Lipinski definition) is 1. The molecule has 0 saturated carbocycles. The van der Waals surface area contributed by atoms with Crippen LogP contribution in [0.3, 0.4) is 0 Å². The highest BCUT2D eigenvalue weighted by Crippen LogP contribution is 2.29. The van der Waals surface area contributed by atoms with Crippen molar-refractivity contribution >= 4 is 22.7 Å². The van der Waals surface area contributed by atoms with Gasteiger partial charge >= 0.3 is 5.97 Å². The second-order valence-corrected chi connectivity index (χ2v) is 4.86. The molecule has 0 amide bonds. The van der Waals surface area contributed by atoms with Crippen LogP contribution < -0.4 is 0 Å². The molecule has 2 atom stereocenters. The molecule has 0 aliphatic carbocycles. The predicted molar refractivity (Wildman–Crippen MR) is 72.6 cm³/mol. The number of hydrogen-bond acceptors (Lipinski definition) is 6. The maximum atomic E-state index is 11.7. The van der Waals surface area contributed by atoms with Crippen molar-refractivity contribution in [3.05, 3.63) is 39.4 Å². The molecule has 1 rings (SSSR count). The molecule has 0 radical (unpaired) electrons. The van der Waals surface area contributed by atoms with Crippen molar-refractivity contribution in [1.82, 2.24) is 0 Å². The van der Waals surface area contributed by atoms with E-state index >= 15 is 0 Å². The minimum absolute atomic E-state index is 0.0480. The van der Waals surface area contributed by atoms with E-state index in [0.29, 0.717) is 0 Å². The fourth-order valence-corrected chi connectivity index (χ4v) is 2.16. The molecule has 0 fully saturated rings. The van der Waals surface area contributed by atoms with Crippen LogP contribution >= 0.6 is 0 Å². The summed E-state index contributed by atoms with van der Waals surface area (Å²) in [5.41, 5.74) is -0.308. The molecule has 0 heterocycles. The SMILES string of the molecule is CCOC(=O)C(C#N)c1ccc(CS(=O)O)cc1[N+](=O)[O-]. The van der Waals surface area contributed by atoms with E-state index in [-0.39, 0.29) is 23.5 Å². The third-order valence-corrected chi connectivity index (χ3v) is 3.12. The second-order valence-electron chi connectivity index (χ2n) is 3.93. The Morgan fingerprint density at radius 1 is 1.62 bits per heavy atom. The van der Waals surface area contributed by atoms with Gasteiger partial charge in [-0.2, -0.15) is 5.26 Å². The van der Waals surface area contributed by atoms with Crippen LogP contribution in [0.5, 0.6) is 0 Å². The van der Waals surface area contributed by atoms with E-state index in [9.17, 15) is 19.1 Å². The maximum Gasteiger partial charge on any atom is 0.328 e. The molecule has 2 unspecified atom stereocenters. The summed E-state index contributed by atoms with van der Waals surface area (Å²) in [7, 11) is 0. The lowest BCUT2D eigenvalue weighted by atomic mass is 9.97. The first-order valence-corrected chi connectivity index (χ1v) is 7.09. The van der Waals surface area contributed by atoms with E-state index in [1.54, 1.807) is 13.0 Å². The van der Waals surface area contributed by atoms with Gasteiger partial charge in [-0.05, 0) is 18.6 Å². The molecule has 0 spiro atoms. The minimum Gasteiger partial charge on any atom is -0.465 e. The Kier molecular flexibility index (Phi) is 5.95. The van der Waals surface area contributed by atoms with Gasteiger partial charge in [0.2, 0.25) is 0 Å². The van der Waals surface area contributed by atoms with Crippen molar-refractivity contribution in [3.8, 4) is 6.07 Å². The van der Waals surface area contributed by atoms with Crippen molar-refractivity contribution in [2.75, 3.05) is 6.61 Å². The molecular formula is C12H12N2O6S. The lowest BCUT2D eigenvalue weighted by molar-refractivity contribution is -0.385. The Balaban J connectivity index is 3.28. The molecule has 0 aliphatic heterocycles. The summed E-state index contributed by atoms with van der Waals surface area (Å²) in [6, 6.07) is 5.33. The molecular weight excluding hydrogens is 300 g/mol. The number of rotatable bonds is 6. The summed E-state index contributed by atoms with van der Waals surface area (Å²) < 4.78 is 24.2. The Hall–Kier alpha value is -2.31. The lowest BCUT2D eigenvalue weighted by Gasteiger charge is -2.10. The molecule has 21 heavy (non-hydrogen) atoms. The average Bonchev–Trinajstić information content (AvgIpc) is 2.40. The molecule has 112 valence electrons. The number of nitro benzene ring substituents is 1. The third kappa shape index (κ3) is 4.34. The zero-order valence-corrected chi connectivity index (χ0v) is 11.8. The molecule has 1 N–H and O–H groups in total. The zero-order valence-electron chi connectivity index (χ0n) is 11.0. The van der Waals surface area contributed by atoms with Crippen LogP contribution in [0.15, 0.2) is 18.2 Å². The Labute approximate surface area is 122 Å². The second kappa shape index (κ2) is 7.47. The summed E-state index contributed by atoms with van der Waals surface area (Å²) in [6.45, 7) is 1.60. The monoisotopic (exact) mass is 312 g/mol. The largest absolute Gasteiger partial charge is 0.465 e. The minimum atomic E-state index is -2.15. The Morgan fingerprint density at radius 3 is 2.76 bits per heavy atom. The van der Waals surface area contributed by atoms with Gasteiger partial charge < -0.3 is 9.29 Å². The van der Waals surface area contributed by atoms with Crippen LogP contribution in [0.25, 0.3) is 0 Å². The van der Waals surface area contributed by atoms with E-state index in [2.05, 4.69) is 0 Å². The van der Waals surface area contributed by atoms with Gasteiger partial charge in [0, 0.05) is 6.07 Å². The number of nitriles is 1. The van der Waals surface area contributed by atoms with Crippen molar-refractivity contribution in [3.63, 3.8) is 0 Å². The van der Waals surface area contributed by atoms with Crippen LogP contribution in [-0.4, -0.2) is 26.3 Å². The lowest BCUT2D eigenvalue weighted by Crippen LogP contribution is -2.16. The van der Waals surface area contributed by atoms with Crippen LogP contribution in [0.4, 0.5) is 5.69 Å². The molecule has 1 aromatic rings. The highest BCUT2D eigenvalue weighted by Gasteiger charge is 2.29. The van der Waals surface area contributed by atoms with Gasteiger partial charge in [-0.3, -0.25) is 14.9 Å². The van der Waals surface area contributed by atoms with Crippen molar-refractivity contribution in [1.29, 1.82) is 5.26 Å². The summed E-state index contributed by atoms with van der Waals surface area (Å²) in [6.07, 6.45) is 0. The normalized spacial score (nSPS) is 13.0. The van der Waals surface area contributed by atoms with E-state index in [1.807, 2.05) is 0 Å². The molecule has 0 aliphatic rings. The van der Waals surface area contributed by atoms with Crippen molar-refractivity contribution < 1.29 is 23.2 Å². The van der Waals surface area contributed by atoms with Gasteiger partial charge in [-0.25, -0.2) is 4.21 Å². The summed E-state index contributed by atoms with van der Waals surface area (Å²) in [4.78, 5) is 22.0. The third-order valence-electron chi connectivity index (χ3n) is 2.54. The van der Waals surface area contributed by atoms with Crippen LogP contribution in [-0.2, 0) is 26.4 Å². The molecule has 9 heteroatoms. The zero-order chi connectivity index (χ0) is 16.0. The molecule has 0 saturated heterocycles. The van der Waals surface area contributed by atoms with Crippen LogP contribution in [0.1, 0.15) is 24.0 Å². The highest BCUT2D eigenvalue weighted by atomic mass is 32.2. The van der Waals surface area contributed by atoms with E-state index < -0.39 is 33.6 Å². The Morgan fingerprint density at radius 2 is 2.29 bits per heavy atom. The van der Waals surface area contributed by atoms with Gasteiger partial charge in [0.05, 0.1) is 28.9 Å². The van der Waals surface area contributed by atoms with E-state index in [4.69, 9.17) is 14.6 Å². The first-order chi connectivity index (χ1) is 9.90. The molecule has 8 nitrogen and oxygen atoms in total. The number of nitro groups is 1. The number of carbonyl (C=O) groups excluding carboxylic acids is 1. The van der Waals surface area contributed by atoms with Gasteiger partial charge in [-0.1, -0.05) is 6.07 Å². The fraction of sp³-hybridized carbons (Fsp3) is 0.333. The smallest absolute Gasteiger partial charge is 0.328 e. The highest BCUT2D eigenvalue weighted by molar-refractivity contribution is 7.78. The van der Waals surface area contributed by atoms with Crippen molar-refractivity contribution in [2.24, 2.45) is 0 Å². The summed E-state index contributed by atoms with van der Waals surface area (Å²) in [5.74, 6) is -2.57. The summed E-state index contributed by atoms with van der Waals surface area (Å²) in [5, 5.41) is 20.1. The number of benzene rings is 1. The first kappa shape index (κ1) is 16.7. The Bertz CT molecular complexity index is 625. The number of carbonyl (C=O) groups is 1. The molecule has 1 aromatic carbocycles. The number of esters is 1. The fourth-order valence-electron chi connectivity index (χ4n) is 1.70. The molecule has 0 aromatic heterocycles. The van der Waals surface area contributed by atoms with E-state index in [1.165, 1.54) is 12.1 Å². The van der Waals surface area contributed by atoms with Gasteiger partial charge in [0.1, 0.15) is 0 Å². The quantitative estimate of drug-likeness (QED) is 0.364. The maximum absolute atomic E-state index is 11.7. The van der Waals surface area contributed by atoms with Gasteiger partial charge in [-0.15, -0.1) is 0 Å². The first-order valence-electron chi connectivity index (χ1n) is 5.81. The number of nitrogens with zero attached hydrogens (tertiary/aromatic N) is 2. The molecule has 0 bridgehead atoms. The topological polar surface area (TPSA) is 131 Å². The van der Waals surface area contributed by atoms with Crippen LogP contribution in [0, 0.1) is 21.4 Å². The summed E-state index contributed by atoms with van der Waals surface area (Å²) >= 11 is -2.15. The predicted octanol–water partition coefficient (Wildman–Crippen LogP) is 1.49. The number of ether oxygens (including phenoxy) is 1. The van der Waals surface area contributed by atoms with Crippen molar-refractivity contribution in [2.45, 2.75) is 18.6 Å². The average molecular weight is 312 g/mol. The van der Waals surface area contributed by atoms with Gasteiger partial charge in [0.15, 0.2) is 17.0 Å². The van der Waals surface area contributed by atoms with E-state index in [0.717, 1.165) is 6.07 Å². The standard InChI is InChI=1S/C12H12N2O6S/c1-2-20-12(15)10(6-13)9-4-3-8(7-21(18)19)5-11(9)14(16)17/h3-5,10H,2,7H2,1H3,(H,18,19). The van der Waals surface area contributed by atoms with Gasteiger partial charge in [0.25, 0.3) is 5.69 Å².